The van der Waals surface area contributed by atoms with Crippen LogP contribution in [-0.4, -0.2) is 20.3 Å². The van der Waals surface area contributed by atoms with E-state index in [9.17, 15) is 4.79 Å². The molecule has 0 aliphatic carbocycles. The predicted octanol–water partition coefficient (Wildman–Crippen LogP) is 4.70. The highest BCUT2D eigenvalue weighted by Crippen LogP contribution is 2.24. The van der Waals surface area contributed by atoms with Crippen LogP contribution < -0.4 is 5.56 Å². The first-order valence-corrected chi connectivity index (χ1v) is 9.62. The number of para-hydroxylation sites is 1. The molecule has 0 aliphatic rings. The van der Waals surface area contributed by atoms with Crippen LogP contribution in [0.3, 0.4) is 0 Å². The summed E-state index contributed by atoms with van der Waals surface area (Å²) in [5.74, 6) is 0.759. The van der Waals surface area contributed by atoms with Crippen LogP contribution in [0.4, 0.5) is 0 Å². The van der Waals surface area contributed by atoms with Gasteiger partial charge in [-0.25, -0.2) is 4.98 Å². The Morgan fingerprint density at radius 3 is 2.69 bits per heavy atom. The molecule has 0 unspecified atom stereocenters. The Kier molecular flexibility index (Phi) is 4.63. The zero-order chi connectivity index (χ0) is 17.9. The lowest BCUT2D eigenvalue weighted by Crippen LogP contribution is -2.22. The van der Waals surface area contributed by atoms with Gasteiger partial charge < -0.3 is 4.98 Å². The number of hydrogen-bond acceptors (Lipinski definition) is 3. The predicted molar refractivity (Wildman–Crippen MR) is 110 cm³/mol. The Balaban J connectivity index is 1.68. The lowest BCUT2D eigenvalue weighted by molar-refractivity contribution is 0.634. The van der Waals surface area contributed by atoms with Crippen molar-refractivity contribution in [1.29, 1.82) is 0 Å². The summed E-state index contributed by atoms with van der Waals surface area (Å²) in [5, 5.41) is 1.75. The SMILES string of the molecule is CCn1c(SC/C=C/c2ccccc2)nc2c([nH]c3ccccc32)c1=O. The molecule has 0 atom stereocenters. The van der Waals surface area contributed by atoms with E-state index in [-0.39, 0.29) is 5.56 Å². The van der Waals surface area contributed by atoms with Crippen molar-refractivity contribution in [2.45, 2.75) is 18.6 Å². The van der Waals surface area contributed by atoms with E-state index in [4.69, 9.17) is 4.98 Å². The van der Waals surface area contributed by atoms with Gasteiger partial charge in [-0.2, -0.15) is 0 Å². The minimum atomic E-state index is -0.0109. The molecule has 0 radical (unpaired) electrons. The van der Waals surface area contributed by atoms with Crippen LogP contribution in [0, 0.1) is 0 Å². The fourth-order valence-corrected chi connectivity index (χ4v) is 3.90. The average Bonchev–Trinajstić information content (AvgIpc) is 3.05. The summed E-state index contributed by atoms with van der Waals surface area (Å²) in [4.78, 5) is 20.9. The van der Waals surface area contributed by atoms with E-state index < -0.39 is 0 Å². The van der Waals surface area contributed by atoms with E-state index in [1.54, 1.807) is 16.3 Å². The lowest BCUT2D eigenvalue weighted by Gasteiger charge is -2.08. The molecule has 5 heteroatoms. The molecule has 0 spiro atoms. The normalized spacial score (nSPS) is 11.7. The van der Waals surface area contributed by atoms with Gasteiger partial charge in [-0.05, 0) is 18.6 Å². The van der Waals surface area contributed by atoms with Gasteiger partial charge in [-0.1, -0.05) is 72.4 Å². The summed E-state index contributed by atoms with van der Waals surface area (Å²) in [6, 6.07) is 18.1. The number of thioether (sulfide) groups is 1. The van der Waals surface area contributed by atoms with Crippen LogP contribution in [0.15, 0.2) is 70.6 Å². The molecule has 4 nitrogen and oxygen atoms in total. The molecule has 0 saturated heterocycles. The van der Waals surface area contributed by atoms with Crippen LogP contribution in [-0.2, 0) is 6.54 Å². The Bertz CT molecular complexity index is 1140. The van der Waals surface area contributed by atoms with E-state index in [0.29, 0.717) is 12.1 Å². The molecule has 1 N–H and O–H groups in total. The summed E-state index contributed by atoms with van der Waals surface area (Å²) in [6.07, 6.45) is 4.19. The fourth-order valence-electron chi connectivity index (χ4n) is 3.04. The third-order valence-corrected chi connectivity index (χ3v) is 5.24. The van der Waals surface area contributed by atoms with Crippen LogP contribution in [0.1, 0.15) is 12.5 Å². The van der Waals surface area contributed by atoms with E-state index in [1.165, 1.54) is 5.56 Å². The topological polar surface area (TPSA) is 50.7 Å². The maximum atomic E-state index is 12.9. The smallest absolute Gasteiger partial charge is 0.278 e. The number of nitrogens with zero attached hydrogens (tertiary/aromatic N) is 2. The first kappa shape index (κ1) is 16.7. The molecule has 4 rings (SSSR count). The van der Waals surface area contributed by atoms with Gasteiger partial charge in [0.05, 0.1) is 0 Å². The monoisotopic (exact) mass is 361 g/mol. The molecule has 130 valence electrons. The number of fused-ring (bicyclic) bond motifs is 3. The molecule has 4 aromatic rings. The molecule has 26 heavy (non-hydrogen) atoms. The molecule has 0 fully saturated rings. The van der Waals surface area contributed by atoms with Crippen molar-refractivity contribution >= 4 is 39.8 Å². The molecule has 2 aromatic carbocycles. The molecular formula is C21H19N3OS. The fraction of sp³-hybridized carbons (Fsp3) is 0.143. The van der Waals surface area contributed by atoms with Gasteiger partial charge in [0.1, 0.15) is 11.0 Å². The van der Waals surface area contributed by atoms with E-state index in [1.807, 2.05) is 49.4 Å². The maximum Gasteiger partial charge on any atom is 0.278 e. The number of H-pyrrole nitrogens is 1. The summed E-state index contributed by atoms with van der Waals surface area (Å²) in [7, 11) is 0. The highest BCUT2D eigenvalue weighted by atomic mass is 32.2. The van der Waals surface area contributed by atoms with Gasteiger partial charge in [0, 0.05) is 23.2 Å². The van der Waals surface area contributed by atoms with Crippen molar-refractivity contribution in [2.24, 2.45) is 0 Å². The molecule has 0 amide bonds. The van der Waals surface area contributed by atoms with Crippen molar-refractivity contribution in [3.8, 4) is 0 Å². The van der Waals surface area contributed by atoms with Gasteiger partial charge in [0.15, 0.2) is 5.16 Å². The van der Waals surface area contributed by atoms with Crippen molar-refractivity contribution < 1.29 is 0 Å². The van der Waals surface area contributed by atoms with Gasteiger partial charge in [-0.15, -0.1) is 0 Å². The number of nitrogens with one attached hydrogen (secondary N) is 1. The van der Waals surface area contributed by atoms with Crippen molar-refractivity contribution in [3.05, 3.63) is 76.6 Å². The lowest BCUT2D eigenvalue weighted by atomic mass is 10.2. The Morgan fingerprint density at radius 2 is 1.88 bits per heavy atom. The van der Waals surface area contributed by atoms with Gasteiger partial charge in [-0.3, -0.25) is 9.36 Å². The largest absolute Gasteiger partial charge is 0.349 e. The Hall–Kier alpha value is -2.79. The molecule has 0 saturated carbocycles. The van der Waals surface area contributed by atoms with Gasteiger partial charge in [0.25, 0.3) is 5.56 Å². The third-order valence-electron chi connectivity index (χ3n) is 4.31. The Labute approximate surface area is 155 Å². The standard InChI is InChI=1S/C21H19N3OS/c1-2-24-20(25)19-18(16-12-6-7-13-17(16)22-19)23-21(24)26-14-8-11-15-9-4-3-5-10-15/h3-13,22H,2,14H2,1H3/b11-8+. The van der Waals surface area contributed by atoms with Crippen LogP contribution in [0.25, 0.3) is 28.0 Å². The van der Waals surface area contributed by atoms with Crippen LogP contribution in [0.5, 0.6) is 0 Å². The first-order chi connectivity index (χ1) is 12.8. The summed E-state index contributed by atoms with van der Waals surface area (Å²) in [6.45, 7) is 2.57. The van der Waals surface area contributed by atoms with E-state index in [0.717, 1.165) is 27.3 Å². The van der Waals surface area contributed by atoms with Crippen LogP contribution >= 0.6 is 11.8 Å². The minimum absolute atomic E-state index is 0.0109. The zero-order valence-electron chi connectivity index (χ0n) is 14.5. The first-order valence-electron chi connectivity index (χ1n) is 8.63. The second-order valence-electron chi connectivity index (χ2n) is 5.96. The molecule has 2 aromatic heterocycles. The van der Waals surface area contributed by atoms with Crippen LogP contribution in [0.2, 0.25) is 0 Å². The molecule has 0 aliphatic heterocycles. The van der Waals surface area contributed by atoms with Gasteiger partial charge >= 0.3 is 0 Å². The zero-order valence-corrected chi connectivity index (χ0v) is 15.3. The molecular weight excluding hydrogens is 342 g/mol. The van der Waals surface area contributed by atoms with E-state index >= 15 is 0 Å². The average molecular weight is 361 g/mol. The van der Waals surface area contributed by atoms with E-state index in [2.05, 4.69) is 29.3 Å². The van der Waals surface area contributed by atoms with Crippen molar-refractivity contribution in [1.82, 2.24) is 14.5 Å². The number of aromatic nitrogens is 3. The number of rotatable bonds is 5. The summed E-state index contributed by atoms with van der Waals surface area (Å²) < 4.78 is 1.73. The number of hydrogen-bond donors (Lipinski definition) is 1. The summed E-state index contributed by atoms with van der Waals surface area (Å²) >= 11 is 1.58. The third kappa shape index (κ3) is 3.06. The van der Waals surface area contributed by atoms with Gasteiger partial charge in [0.2, 0.25) is 0 Å². The summed E-state index contributed by atoms with van der Waals surface area (Å²) in [5.41, 5.74) is 3.44. The highest BCUT2D eigenvalue weighted by molar-refractivity contribution is 7.99. The Morgan fingerprint density at radius 1 is 1.12 bits per heavy atom. The van der Waals surface area contributed by atoms with Crippen molar-refractivity contribution in [3.63, 3.8) is 0 Å². The second-order valence-corrected chi connectivity index (χ2v) is 6.95. The van der Waals surface area contributed by atoms with Crippen molar-refractivity contribution in [2.75, 3.05) is 5.75 Å². The number of benzene rings is 2. The molecule has 0 bridgehead atoms. The number of aromatic amines is 1. The quantitative estimate of drug-likeness (QED) is 0.414. The molecule has 2 heterocycles. The highest BCUT2D eigenvalue weighted by Gasteiger charge is 2.14. The maximum absolute atomic E-state index is 12.9. The second kappa shape index (κ2) is 7.22. The minimum Gasteiger partial charge on any atom is -0.349 e.